The lowest BCUT2D eigenvalue weighted by molar-refractivity contribution is 0.0953. The summed E-state index contributed by atoms with van der Waals surface area (Å²) in [5, 5.41) is 7.98. The van der Waals surface area contributed by atoms with Crippen molar-refractivity contribution in [1.29, 1.82) is 0 Å². The molecule has 0 aliphatic carbocycles. The molecule has 1 N–H and O–H groups in total. The number of hydrogen-bond acceptors (Lipinski definition) is 2. The monoisotopic (exact) mass is 305 g/mol. The summed E-state index contributed by atoms with van der Waals surface area (Å²) in [4.78, 5) is 11.9. The molecule has 1 aromatic heterocycles. The first kappa shape index (κ1) is 15.6. The molecule has 0 aliphatic rings. The van der Waals surface area contributed by atoms with Crippen molar-refractivity contribution < 1.29 is 4.79 Å². The molecule has 0 aliphatic heterocycles. The minimum atomic E-state index is -0.0404. The number of unbranched alkanes of at least 4 members (excludes halogenated alkanes) is 1. The molecule has 4 nitrogen and oxygen atoms in total. The minimum Gasteiger partial charge on any atom is -0.352 e. The number of rotatable bonds is 5. The highest BCUT2D eigenvalue weighted by atomic mass is 35.5. The summed E-state index contributed by atoms with van der Waals surface area (Å²) in [5.74, 6) is -0.0404. The second kappa shape index (κ2) is 6.76. The topological polar surface area (TPSA) is 46.9 Å². The molecule has 0 saturated heterocycles. The van der Waals surface area contributed by atoms with E-state index in [4.69, 9.17) is 11.6 Å². The number of aromatic nitrogens is 2. The summed E-state index contributed by atoms with van der Waals surface area (Å²) in [6, 6.07) is 7.37. The van der Waals surface area contributed by atoms with E-state index < -0.39 is 0 Å². The number of amides is 1. The van der Waals surface area contributed by atoms with E-state index in [2.05, 4.69) is 17.3 Å². The van der Waals surface area contributed by atoms with E-state index in [0.717, 1.165) is 29.9 Å². The lowest BCUT2D eigenvalue weighted by Crippen LogP contribution is -2.24. The van der Waals surface area contributed by atoms with Gasteiger partial charge in [0.25, 0.3) is 5.91 Å². The van der Waals surface area contributed by atoms with Gasteiger partial charge in [0.05, 0.1) is 22.1 Å². The van der Waals surface area contributed by atoms with Crippen molar-refractivity contribution in [3.05, 3.63) is 46.2 Å². The van der Waals surface area contributed by atoms with Gasteiger partial charge in [0, 0.05) is 12.1 Å². The van der Waals surface area contributed by atoms with E-state index in [1.807, 2.05) is 26.0 Å². The zero-order valence-corrected chi connectivity index (χ0v) is 13.4. The molecular weight excluding hydrogens is 286 g/mol. The van der Waals surface area contributed by atoms with Crippen LogP contribution in [0, 0.1) is 13.8 Å². The fourth-order valence-electron chi connectivity index (χ4n) is 2.11. The Labute approximate surface area is 130 Å². The molecule has 2 rings (SSSR count). The average Bonchev–Trinajstić information content (AvgIpc) is 2.75. The third-order valence-corrected chi connectivity index (χ3v) is 3.94. The van der Waals surface area contributed by atoms with E-state index in [0.29, 0.717) is 17.1 Å². The summed E-state index contributed by atoms with van der Waals surface area (Å²) < 4.78 is 1.79. The van der Waals surface area contributed by atoms with Gasteiger partial charge in [-0.25, -0.2) is 4.68 Å². The van der Waals surface area contributed by atoms with Gasteiger partial charge in [0.2, 0.25) is 0 Å². The first-order valence-electron chi connectivity index (χ1n) is 7.15. The normalized spacial score (nSPS) is 10.7. The van der Waals surface area contributed by atoms with Crippen molar-refractivity contribution in [2.75, 3.05) is 6.54 Å². The Hall–Kier alpha value is -1.81. The van der Waals surface area contributed by atoms with Crippen LogP contribution < -0.4 is 5.32 Å². The molecule has 2 aromatic rings. The van der Waals surface area contributed by atoms with E-state index in [-0.39, 0.29) is 5.91 Å². The third kappa shape index (κ3) is 3.45. The van der Waals surface area contributed by atoms with Crippen LogP contribution in [0.1, 0.15) is 41.5 Å². The Morgan fingerprint density at radius 1 is 1.29 bits per heavy atom. The molecule has 0 saturated carbocycles. The zero-order valence-electron chi connectivity index (χ0n) is 12.6. The predicted octanol–water partition coefficient (Wildman–Crippen LogP) is 3.67. The molecule has 0 bridgehead atoms. The minimum absolute atomic E-state index is 0.0404. The highest BCUT2D eigenvalue weighted by Crippen LogP contribution is 2.22. The van der Waals surface area contributed by atoms with Crippen LogP contribution in [-0.4, -0.2) is 22.2 Å². The molecule has 5 heteroatoms. The molecule has 0 spiro atoms. The first-order chi connectivity index (χ1) is 10.0. The highest BCUT2D eigenvalue weighted by Gasteiger charge is 2.11. The van der Waals surface area contributed by atoms with E-state index in [1.54, 1.807) is 16.8 Å². The van der Waals surface area contributed by atoms with Crippen LogP contribution in [-0.2, 0) is 0 Å². The Balaban J connectivity index is 2.15. The Kier molecular flexibility index (Phi) is 5.02. The number of aryl methyl sites for hydroxylation is 1. The van der Waals surface area contributed by atoms with Crippen LogP contribution in [0.25, 0.3) is 5.69 Å². The van der Waals surface area contributed by atoms with Gasteiger partial charge in [-0.15, -0.1) is 0 Å². The highest BCUT2D eigenvalue weighted by molar-refractivity contribution is 6.31. The van der Waals surface area contributed by atoms with Gasteiger partial charge in [0.1, 0.15) is 0 Å². The molecule has 1 amide bonds. The molecule has 1 heterocycles. The van der Waals surface area contributed by atoms with Crippen molar-refractivity contribution in [2.45, 2.75) is 33.6 Å². The maximum absolute atomic E-state index is 11.9. The van der Waals surface area contributed by atoms with E-state index in [1.165, 1.54) is 0 Å². The molecule has 0 unspecified atom stereocenters. The van der Waals surface area contributed by atoms with Crippen LogP contribution in [0.3, 0.4) is 0 Å². The Morgan fingerprint density at radius 2 is 1.95 bits per heavy atom. The number of halogens is 1. The summed E-state index contributed by atoms with van der Waals surface area (Å²) >= 11 is 6.15. The molecular formula is C16H20ClN3O. The van der Waals surface area contributed by atoms with Gasteiger partial charge in [-0.05, 0) is 44.5 Å². The number of carbonyl (C=O) groups excluding carboxylic acids is 1. The Morgan fingerprint density at radius 3 is 2.48 bits per heavy atom. The van der Waals surface area contributed by atoms with Crippen molar-refractivity contribution >= 4 is 17.5 Å². The standard InChI is InChI=1S/C16H20ClN3O/c1-4-5-10-18-16(21)13-6-8-14(9-7-13)20-12(3)15(17)11(2)19-20/h6-9H,4-5,10H2,1-3H3,(H,18,21). The van der Waals surface area contributed by atoms with Crippen LogP contribution in [0.5, 0.6) is 0 Å². The van der Waals surface area contributed by atoms with E-state index >= 15 is 0 Å². The number of hydrogen-bond donors (Lipinski definition) is 1. The molecule has 21 heavy (non-hydrogen) atoms. The predicted molar refractivity (Wildman–Crippen MR) is 85.3 cm³/mol. The average molecular weight is 306 g/mol. The van der Waals surface area contributed by atoms with E-state index in [9.17, 15) is 4.79 Å². The number of carbonyl (C=O) groups is 1. The van der Waals surface area contributed by atoms with Crippen molar-refractivity contribution in [3.8, 4) is 5.69 Å². The second-order valence-electron chi connectivity index (χ2n) is 5.05. The van der Waals surface area contributed by atoms with Gasteiger partial charge in [0.15, 0.2) is 0 Å². The number of nitrogens with one attached hydrogen (secondary N) is 1. The van der Waals surface area contributed by atoms with Crippen LogP contribution in [0.15, 0.2) is 24.3 Å². The molecule has 112 valence electrons. The fraction of sp³-hybridized carbons (Fsp3) is 0.375. The fourth-order valence-corrected chi connectivity index (χ4v) is 2.23. The summed E-state index contributed by atoms with van der Waals surface area (Å²) in [7, 11) is 0. The largest absolute Gasteiger partial charge is 0.352 e. The first-order valence-corrected chi connectivity index (χ1v) is 7.52. The van der Waals surface area contributed by atoms with Crippen molar-refractivity contribution in [2.24, 2.45) is 0 Å². The van der Waals surface area contributed by atoms with Crippen LogP contribution in [0.2, 0.25) is 5.02 Å². The lowest BCUT2D eigenvalue weighted by atomic mass is 10.2. The van der Waals surface area contributed by atoms with Gasteiger partial charge in [-0.1, -0.05) is 24.9 Å². The Bertz CT molecular complexity index is 632. The molecule has 1 aromatic carbocycles. The van der Waals surface area contributed by atoms with Gasteiger partial charge >= 0.3 is 0 Å². The lowest BCUT2D eigenvalue weighted by Gasteiger charge is -2.07. The van der Waals surface area contributed by atoms with Crippen LogP contribution in [0.4, 0.5) is 0 Å². The van der Waals surface area contributed by atoms with Crippen molar-refractivity contribution in [3.63, 3.8) is 0 Å². The molecule has 0 fully saturated rings. The third-order valence-electron chi connectivity index (χ3n) is 3.39. The summed E-state index contributed by atoms with van der Waals surface area (Å²) in [6.07, 6.45) is 2.06. The maximum atomic E-state index is 11.9. The number of nitrogens with zero attached hydrogens (tertiary/aromatic N) is 2. The van der Waals surface area contributed by atoms with Gasteiger partial charge in [-0.2, -0.15) is 5.10 Å². The quantitative estimate of drug-likeness (QED) is 0.857. The van der Waals surface area contributed by atoms with Gasteiger partial charge in [-0.3, -0.25) is 4.79 Å². The zero-order chi connectivity index (χ0) is 15.4. The van der Waals surface area contributed by atoms with Crippen molar-refractivity contribution in [1.82, 2.24) is 15.1 Å². The van der Waals surface area contributed by atoms with Crippen LogP contribution >= 0.6 is 11.6 Å². The maximum Gasteiger partial charge on any atom is 0.251 e. The SMILES string of the molecule is CCCCNC(=O)c1ccc(-n2nc(C)c(Cl)c2C)cc1. The molecule has 0 atom stereocenters. The summed E-state index contributed by atoms with van der Waals surface area (Å²) in [5.41, 5.74) is 3.25. The summed E-state index contributed by atoms with van der Waals surface area (Å²) in [6.45, 7) is 6.61. The second-order valence-corrected chi connectivity index (χ2v) is 5.43. The smallest absolute Gasteiger partial charge is 0.251 e. The van der Waals surface area contributed by atoms with Gasteiger partial charge < -0.3 is 5.32 Å². The number of benzene rings is 1. The molecule has 0 radical (unpaired) electrons.